The maximum atomic E-state index is 11.6. The van der Waals surface area contributed by atoms with Crippen molar-refractivity contribution in [1.29, 1.82) is 0 Å². The SMILES string of the molecule is NC(=O)c1cccc2cn(-c3ccc(C[NH2+]CC(O)c4cccnc4)cc3)nc12.O=C([O-])C(F)(F)F. The number of aliphatic carboxylic acids is 1. The molecule has 0 spiro atoms. The number of carbonyl (C=O) groups is 2. The minimum Gasteiger partial charge on any atom is -0.542 e. The van der Waals surface area contributed by atoms with Gasteiger partial charge in [-0.25, -0.2) is 4.68 Å². The molecule has 9 nitrogen and oxygen atoms in total. The third-order valence-electron chi connectivity index (χ3n) is 5.07. The molecule has 2 aromatic heterocycles. The van der Waals surface area contributed by atoms with Crippen molar-refractivity contribution in [2.24, 2.45) is 5.73 Å². The van der Waals surface area contributed by atoms with Crippen molar-refractivity contribution in [2.75, 3.05) is 6.54 Å². The Kier molecular flexibility index (Phi) is 8.35. The highest BCUT2D eigenvalue weighted by atomic mass is 19.4. The highest BCUT2D eigenvalue weighted by molar-refractivity contribution is 6.04. The molecule has 0 fully saturated rings. The van der Waals surface area contributed by atoms with Crippen molar-refractivity contribution in [3.05, 3.63) is 89.9 Å². The number of nitrogens with zero attached hydrogens (tertiary/aromatic N) is 3. The molecule has 1 amide bonds. The molecule has 0 bridgehead atoms. The van der Waals surface area contributed by atoms with Gasteiger partial charge in [-0.05, 0) is 24.3 Å². The van der Waals surface area contributed by atoms with Crippen molar-refractivity contribution in [3.63, 3.8) is 0 Å². The molecule has 0 radical (unpaired) electrons. The second-order valence-corrected chi connectivity index (χ2v) is 7.66. The number of quaternary nitrogens is 1. The number of aromatic nitrogens is 3. The third kappa shape index (κ3) is 6.87. The number of aliphatic hydroxyl groups excluding tert-OH is 1. The second-order valence-electron chi connectivity index (χ2n) is 7.66. The van der Waals surface area contributed by atoms with Gasteiger partial charge in [0.1, 0.15) is 30.7 Å². The van der Waals surface area contributed by atoms with Gasteiger partial charge in [0, 0.05) is 35.1 Å². The Balaban J connectivity index is 0.000000454. The highest BCUT2D eigenvalue weighted by Gasteiger charge is 2.28. The number of primary amides is 1. The first-order chi connectivity index (χ1) is 17.1. The molecule has 0 saturated heterocycles. The van der Waals surface area contributed by atoms with Crippen LogP contribution in [0.1, 0.15) is 27.6 Å². The molecule has 0 saturated carbocycles. The van der Waals surface area contributed by atoms with Gasteiger partial charge in [0.05, 0.1) is 11.3 Å². The van der Waals surface area contributed by atoms with E-state index in [2.05, 4.69) is 15.4 Å². The molecule has 12 heteroatoms. The van der Waals surface area contributed by atoms with E-state index in [0.717, 1.165) is 28.7 Å². The first-order valence-corrected chi connectivity index (χ1v) is 10.6. The largest absolute Gasteiger partial charge is 0.542 e. The van der Waals surface area contributed by atoms with E-state index in [4.69, 9.17) is 15.6 Å². The predicted molar refractivity (Wildman–Crippen MR) is 120 cm³/mol. The minimum atomic E-state index is -5.19. The zero-order valence-electron chi connectivity index (χ0n) is 18.7. The number of carboxylic acids is 1. The average Bonchev–Trinajstić information content (AvgIpc) is 3.29. The van der Waals surface area contributed by atoms with Crippen LogP contribution >= 0.6 is 0 Å². The van der Waals surface area contributed by atoms with Crippen LogP contribution in [0.25, 0.3) is 16.6 Å². The number of rotatable bonds is 7. The lowest BCUT2D eigenvalue weighted by Crippen LogP contribution is -2.83. The van der Waals surface area contributed by atoms with Gasteiger partial charge in [0.25, 0.3) is 5.91 Å². The standard InChI is InChI=1S/C22H21N5O2.C2HF3O2/c23-22(29)19-5-1-3-17-14-27(26-21(17)19)18-8-6-15(7-9-18)11-25-13-20(28)16-4-2-10-24-12-16;3-2(4,5)1(6)7/h1-10,12,14,20,25,28H,11,13H2,(H2,23,29);(H,6,7). The van der Waals surface area contributed by atoms with Gasteiger partial charge in [0.2, 0.25) is 0 Å². The number of aliphatic hydroxyl groups is 1. The molecule has 4 aromatic rings. The van der Waals surface area contributed by atoms with Crippen LogP contribution in [0.4, 0.5) is 13.2 Å². The molecule has 1 unspecified atom stereocenters. The highest BCUT2D eigenvalue weighted by Crippen LogP contribution is 2.19. The van der Waals surface area contributed by atoms with E-state index in [1.807, 2.05) is 48.7 Å². The molecule has 1 atom stereocenters. The summed E-state index contributed by atoms with van der Waals surface area (Å²) >= 11 is 0. The fourth-order valence-corrected chi connectivity index (χ4v) is 3.28. The Morgan fingerprint density at radius 1 is 1.11 bits per heavy atom. The molecule has 36 heavy (non-hydrogen) atoms. The Morgan fingerprint density at radius 3 is 2.39 bits per heavy atom. The predicted octanol–water partition coefficient (Wildman–Crippen LogP) is 0.615. The third-order valence-corrected chi connectivity index (χ3v) is 5.07. The smallest absolute Gasteiger partial charge is 0.430 e. The van der Waals surface area contributed by atoms with Crippen LogP contribution < -0.4 is 16.2 Å². The van der Waals surface area contributed by atoms with E-state index in [0.29, 0.717) is 17.6 Å². The number of pyridine rings is 1. The van der Waals surface area contributed by atoms with Crippen molar-refractivity contribution in [2.45, 2.75) is 18.8 Å². The summed E-state index contributed by atoms with van der Waals surface area (Å²) < 4.78 is 33.3. The van der Waals surface area contributed by atoms with Gasteiger partial charge in [-0.3, -0.25) is 9.78 Å². The Hall–Kier alpha value is -4.29. The summed E-state index contributed by atoms with van der Waals surface area (Å²) in [6.07, 6.45) is -0.476. The number of amides is 1. The van der Waals surface area contributed by atoms with Crippen LogP contribution in [-0.4, -0.2) is 44.5 Å². The van der Waals surface area contributed by atoms with E-state index >= 15 is 0 Å². The molecule has 5 N–H and O–H groups in total. The van der Waals surface area contributed by atoms with Crippen molar-refractivity contribution < 1.29 is 38.3 Å². The normalized spacial score (nSPS) is 12.0. The fourth-order valence-electron chi connectivity index (χ4n) is 3.28. The average molecular weight is 501 g/mol. The van der Waals surface area contributed by atoms with Crippen LogP contribution in [-0.2, 0) is 11.3 Å². The summed E-state index contributed by atoms with van der Waals surface area (Å²) in [5.74, 6) is -3.49. The van der Waals surface area contributed by atoms with Crippen LogP contribution in [0.15, 0.2) is 73.2 Å². The van der Waals surface area contributed by atoms with Gasteiger partial charge in [-0.2, -0.15) is 18.3 Å². The van der Waals surface area contributed by atoms with Gasteiger partial charge in [-0.1, -0.05) is 30.3 Å². The Labute approximate surface area is 203 Å². The number of nitrogens with two attached hydrogens (primary N) is 2. The minimum absolute atomic E-state index is 0.416. The quantitative estimate of drug-likeness (QED) is 0.338. The molecule has 2 aromatic carbocycles. The van der Waals surface area contributed by atoms with E-state index in [1.165, 1.54) is 0 Å². The van der Waals surface area contributed by atoms with E-state index < -0.39 is 24.2 Å². The first kappa shape index (κ1) is 26.3. The number of benzene rings is 2. The van der Waals surface area contributed by atoms with Crippen LogP contribution in [0.3, 0.4) is 0 Å². The Bertz CT molecular complexity index is 1330. The molecule has 0 aliphatic heterocycles. The lowest BCUT2D eigenvalue weighted by molar-refractivity contribution is -0.677. The maximum Gasteiger partial charge on any atom is 0.430 e. The van der Waals surface area contributed by atoms with Gasteiger partial charge >= 0.3 is 6.18 Å². The molecule has 2 heterocycles. The number of halogens is 3. The van der Waals surface area contributed by atoms with Crippen molar-refractivity contribution in [3.8, 4) is 5.69 Å². The fraction of sp³-hybridized carbons (Fsp3) is 0.167. The van der Waals surface area contributed by atoms with Gasteiger partial charge in [0.15, 0.2) is 0 Å². The molecular weight excluding hydrogens is 479 g/mol. The lowest BCUT2D eigenvalue weighted by Gasteiger charge is -2.09. The second kappa shape index (κ2) is 11.4. The number of fused-ring (bicyclic) bond motifs is 1. The zero-order chi connectivity index (χ0) is 26.3. The summed E-state index contributed by atoms with van der Waals surface area (Å²) in [5.41, 5.74) is 9.31. The number of carbonyl (C=O) groups excluding carboxylic acids is 2. The molecule has 0 aliphatic carbocycles. The maximum absolute atomic E-state index is 11.6. The first-order valence-electron chi connectivity index (χ1n) is 10.6. The zero-order valence-corrected chi connectivity index (χ0v) is 18.7. The van der Waals surface area contributed by atoms with Crippen LogP contribution in [0.5, 0.6) is 0 Å². The van der Waals surface area contributed by atoms with Crippen molar-refractivity contribution in [1.82, 2.24) is 14.8 Å². The topological polar surface area (TPSA) is 151 Å². The number of alkyl halides is 3. The van der Waals surface area contributed by atoms with E-state index in [9.17, 15) is 23.1 Å². The number of hydrogen-bond donors (Lipinski definition) is 3. The Morgan fingerprint density at radius 2 is 1.81 bits per heavy atom. The summed E-state index contributed by atoms with van der Waals surface area (Å²) in [4.78, 5) is 24.4. The summed E-state index contributed by atoms with van der Waals surface area (Å²) in [7, 11) is 0. The van der Waals surface area contributed by atoms with E-state index in [-0.39, 0.29) is 0 Å². The molecule has 4 rings (SSSR count). The number of hydrogen-bond acceptors (Lipinski definition) is 6. The number of carboxylic acid groups (broad SMARTS) is 1. The van der Waals surface area contributed by atoms with Crippen LogP contribution in [0, 0.1) is 0 Å². The van der Waals surface area contributed by atoms with Gasteiger partial charge in [-0.15, -0.1) is 0 Å². The van der Waals surface area contributed by atoms with Crippen LogP contribution in [0.2, 0.25) is 0 Å². The monoisotopic (exact) mass is 501 g/mol. The molecule has 0 aliphatic rings. The summed E-state index contributed by atoms with van der Waals surface area (Å²) in [6.45, 7) is 1.32. The summed E-state index contributed by atoms with van der Waals surface area (Å²) in [5, 5.41) is 26.4. The molecular formula is C24H22F3N5O4. The summed E-state index contributed by atoms with van der Waals surface area (Å²) in [6, 6.07) is 17.1. The van der Waals surface area contributed by atoms with Gasteiger partial charge < -0.3 is 26.1 Å². The van der Waals surface area contributed by atoms with E-state index in [1.54, 1.807) is 29.2 Å². The lowest BCUT2D eigenvalue weighted by atomic mass is 10.1. The molecule has 188 valence electrons. The van der Waals surface area contributed by atoms with Crippen molar-refractivity contribution >= 4 is 22.8 Å².